The van der Waals surface area contributed by atoms with Crippen LogP contribution in [-0.2, 0) is 35.8 Å². The van der Waals surface area contributed by atoms with E-state index >= 15 is 0 Å². The van der Waals surface area contributed by atoms with Crippen LogP contribution < -0.4 is 5.32 Å². The number of aliphatic carboxylic acids is 1. The van der Waals surface area contributed by atoms with Gasteiger partial charge in [-0.3, -0.25) is 14.4 Å². The molecule has 0 unspecified atom stereocenters. The molecule has 160 valence electrons. The molecule has 0 saturated heterocycles. The second-order valence-electron chi connectivity index (χ2n) is 6.90. The minimum Gasteiger partial charge on any atom is -0.475 e. The molecule has 1 aliphatic heterocycles. The number of carboxylic acids is 1. The van der Waals surface area contributed by atoms with Gasteiger partial charge in [0, 0.05) is 38.2 Å². The quantitative estimate of drug-likeness (QED) is 0.757. The smallest absolute Gasteiger partial charge is 0.475 e. The lowest BCUT2D eigenvalue weighted by molar-refractivity contribution is -0.192. The number of carbonyl (C=O) groups is 2. The molecular weight excluding hydrogens is 409 g/mol. The highest BCUT2D eigenvalue weighted by molar-refractivity contribution is 7.07. The van der Waals surface area contributed by atoms with Crippen molar-refractivity contribution in [3.05, 3.63) is 39.3 Å². The van der Waals surface area contributed by atoms with Crippen molar-refractivity contribution >= 4 is 23.2 Å². The molecule has 11 heteroatoms. The summed E-state index contributed by atoms with van der Waals surface area (Å²) < 4.78 is 33.8. The fraction of sp³-hybridized carbons (Fsp3) is 0.500. The maximum absolute atomic E-state index is 11.2. The van der Waals surface area contributed by atoms with Gasteiger partial charge in [0.2, 0.25) is 5.91 Å². The van der Waals surface area contributed by atoms with Gasteiger partial charge in [0.25, 0.3) is 0 Å². The molecule has 7 nitrogen and oxygen atoms in total. The molecule has 0 bridgehead atoms. The van der Waals surface area contributed by atoms with E-state index in [0.717, 1.165) is 25.3 Å². The van der Waals surface area contributed by atoms with E-state index in [1.807, 2.05) is 0 Å². The minimum atomic E-state index is -5.08. The Labute approximate surface area is 170 Å². The Morgan fingerprint density at radius 2 is 2.00 bits per heavy atom. The Bertz CT molecular complexity index is 847. The van der Waals surface area contributed by atoms with Crippen LogP contribution in [0.25, 0.3) is 0 Å². The number of aromatic nitrogens is 2. The predicted octanol–water partition coefficient (Wildman–Crippen LogP) is 3.31. The zero-order valence-electron chi connectivity index (χ0n) is 16.3. The Morgan fingerprint density at radius 1 is 1.34 bits per heavy atom. The van der Waals surface area contributed by atoms with E-state index in [1.165, 1.54) is 16.8 Å². The molecule has 0 aliphatic carbocycles. The van der Waals surface area contributed by atoms with Crippen molar-refractivity contribution in [3.63, 3.8) is 0 Å². The maximum Gasteiger partial charge on any atom is 0.490 e. The molecule has 0 fully saturated rings. The molecular formula is C18H23F3N4O3S. The first kappa shape index (κ1) is 22.9. The summed E-state index contributed by atoms with van der Waals surface area (Å²) in [6, 6.07) is 2.52. The Hall–Kier alpha value is -2.40. The third kappa shape index (κ3) is 6.29. The zero-order valence-corrected chi connectivity index (χ0v) is 17.1. The second-order valence-corrected chi connectivity index (χ2v) is 7.68. The van der Waals surface area contributed by atoms with E-state index in [0.29, 0.717) is 12.6 Å². The van der Waals surface area contributed by atoms with Crippen molar-refractivity contribution < 1.29 is 27.9 Å². The molecule has 29 heavy (non-hydrogen) atoms. The average molecular weight is 432 g/mol. The highest BCUT2D eigenvalue weighted by Crippen LogP contribution is 2.29. The predicted molar refractivity (Wildman–Crippen MR) is 101 cm³/mol. The largest absolute Gasteiger partial charge is 0.490 e. The standard InChI is InChI=1S/C16H22N4OS.C2HF3O2/c1-11(2)20-16-9-19(7-13-4-5-22-10-13)8-14(16)15(18-20)6-17-12(3)21;3-2(4,5)1(6)7/h4-5,10-11H,6-9H2,1-3H3,(H,17,21);(H,6,7). The third-order valence-electron chi connectivity index (χ3n) is 4.18. The van der Waals surface area contributed by atoms with Crippen molar-refractivity contribution in [1.82, 2.24) is 20.0 Å². The summed E-state index contributed by atoms with van der Waals surface area (Å²) in [5, 5.41) is 19.0. The van der Waals surface area contributed by atoms with Crippen molar-refractivity contribution in [1.29, 1.82) is 0 Å². The number of halogens is 3. The van der Waals surface area contributed by atoms with Gasteiger partial charge < -0.3 is 10.4 Å². The van der Waals surface area contributed by atoms with Crippen LogP contribution in [0.1, 0.15) is 49.3 Å². The lowest BCUT2D eigenvalue weighted by Gasteiger charge is -2.16. The van der Waals surface area contributed by atoms with E-state index in [-0.39, 0.29) is 5.91 Å². The van der Waals surface area contributed by atoms with E-state index < -0.39 is 12.1 Å². The fourth-order valence-electron chi connectivity index (χ4n) is 2.93. The Balaban J connectivity index is 0.000000370. The maximum atomic E-state index is 11.2. The molecule has 2 N–H and O–H groups in total. The van der Waals surface area contributed by atoms with Crippen LogP contribution in [0.5, 0.6) is 0 Å². The van der Waals surface area contributed by atoms with Gasteiger partial charge in [0.15, 0.2) is 0 Å². The van der Waals surface area contributed by atoms with Gasteiger partial charge in [-0.2, -0.15) is 29.6 Å². The van der Waals surface area contributed by atoms with Crippen molar-refractivity contribution in [3.8, 4) is 0 Å². The number of fused-ring (bicyclic) bond motifs is 1. The lowest BCUT2D eigenvalue weighted by Crippen LogP contribution is -2.22. The number of carboxylic acid groups (broad SMARTS) is 1. The average Bonchev–Trinajstić information content (AvgIpc) is 3.30. The second kappa shape index (κ2) is 9.40. The first-order valence-electron chi connectivity index (χ1n) is 8.86. The number of carbonyl (C=O) groups excluding carboxylic acids is 1. The molecule has 0 saturated carbocycles. The summed E-state index contributed by atoms with van der Waals surface area (Å²) >= 11 is 1.74. The summed E-state index contributed by atoms with van der Waals surface area (Å²) in [5.74, 6) is -2.77. The van der Waals surface area contributed by atoms with E-state index in [9.17, 15) is 18.0 Å². The Morgan fingerprint density at radius 3 is 2.48 bits per heavy atom. The van der Waals surface area contributed by atoms with Crippen LogP contribution >= 0.6 is 11.3 Å². The van der Waals surface area contributed by atoms with Gasteiger partial charge >= 0.3 is 12.1 Å². The number of alkyl halides is 3. The van der Waals surface area contributed by atoms with Gasteiger partial charge in [0.05, 0.1) is 17.9 Å². The third-order valence-corrected chi connectivity index (χ3v) is 4.91. The van der Waals surface area contributed by atoms with Crippen LogP contribution in [0.15, 0.2) is 16.8 Å². The normalized spacial score (nSPS) is 13.8. The van der Waals surface area contributed by atoms with Crippen LogP contribution in [0.3, 0.4) is 0 Å². The molecule has 2 aromatic heterocycles. The zero-order chi connectivity index (χ0) is 21.8. The molecule has 1 amide bonds. The van der Waals surface area contributed by atoms with Crippen LogP contribution in [0.2, 0.25) is 0 Å². The first-order valence-corrected chi connectivity index (χ1v) is 9.80. The summed E-state index contributed by atoms with van der Waals surface area (Å²) in [4.78, 5) is 22.5. The monoisotopic (exact) mass is 432 g/mol. The number of hydrogen-bond acceptors (Lipinski definition) is 5. The highest BCUT2D eigenvalue weighted by Gasteiger charge is 2.38. The molecule has 0 atom stereocenters. The Kier molecular flexibility index (Phi) is 7.42. The van der Waals surface area contributed by atoms with Crippen LogP contribution in [0, 0.1) is 0 Å². The highest BCUT2D eigenvalue weighted by atomic mass is 32.1. The molecule has 0 radical (unpaired) electrons. The molecule has 0 aromatic carbocycles. The van der Waals surface area contributed by atoms with Crippen molar-refractivity contribution in [2.45, 2.75) is 59.2 Å². The molecule has 1 aliphatic rings. The summed E-state index contributed by atoms with van der Waals surface area (Å²) in [6.07, 6.45) is -5.08. The number of nitrogens with zero attached hydrogens (tertiary/aromatic N) is 3. The van der Waals surface area contributed by atoms with Crippen molar-refractivity contribution in [2.24, 2.45) is 0 Å². The van der Waals surface area contributed by atoms with Gasteiger partial charge in [-0.15, -0.1) is 0 Å². The fourth-order valence-corrected chi connectivity index (χ4v) is 3.59. The topological polar surface area (TPSA) is 87.5 Å². The number of amides is 1. The minimum absolute atomic E-state index is 0.0130. The van der Waals surface area contributed by atoms with Crippen molar-refractivity contribution in [2.75, 3.05) is 0 Å². The summed E-state index contributed by atoms with van der Waals surface area (Å²) in [6.45, 7) is 9.17. The number of thiophene rings is 1. The van der Waals surface area contributed by atoms with Crippen LogP contribution in [-0.4, -0.2) is 37.8 Å². The van der Waals surface area contributed by atoms with E-state index in [2.05, 4.69) is 45.6 Å². The van der Waals surface area contributed by atoms with Gasteiger partial charge in [-0.05, 0) is 36.2 Å². The summed E-state index contributed by atoms with van der Waals surface area (Å²) in [7, 11) is 0. The summed E-state index contributed by atoms with van der Waals surface area (Å²) in [5.41, 5.74) is 4.96. The van der Waals surface area contributed by atoms with E-state index in [1.54, 1.807) is 18.3 Å². The van der Waals surface area contributed by atoms with Gasteiger partial charge in [0.1, 0.15) is 0 Å². The van der Waals surface area contributed by atoms with Gasteiger partial charge in [-0.25, -0.2) is 4.79 Å². The lowest BCUT2D eigenvalue weighted by atomic mass is 10.2. The first-order chi connectivity index (χ1) is 13.5. The SMILES string of the molecule is CC(=O)NCc1nn(C(C)C)c2c1CN(Cc1ccsc1)C2.O=C(O)C(F)(F)F. The van der Waals surface area contributed by atoms with Crippen LogP contribution in [0.4, 0.5) is 13.2 Å². The molecule has 3 rings (SSSR count). The number of nitrogens with one attached hydrogen (secondary N) is 1. The number of rotatable bonds is 5. The molecule has 3 heterocycles. The van der Waals surface area contributed by atoms with Gasteiger partial charge in [-0.1, -0.05) is 0 Å². The number of hydrogen-bond donors (Lipinski definition) is 2. The molecule has 0 spiro atoms. The van der Waals surface area contributed by atoms with E-state index in [4.69, 9.17) is 15.0 Å². The molecule has 2 aromatic rings.